The molecule has 130 valence electrons. The molecular formula is C15H20F3NO3S. The Balaban J connectivity index is 2.79. The summed E-state index contributed by atoms with van der Waals surface area (Å²) in [6.45, 7) is 3.11. The molecule has 0 aliphatic carbocycles. The summed E-state index contributed by atoms with van der Waals surface area (Å²) in [7, 11) is -1.79. The van der Waals surface area contributed by atoms with Crippen LogP contribution in [-0.4, -0.2) is 43.8 Å². The van der Waals surface area contributed by atoms with Gasteiger partial charge in [0.15, 0.2) is 9.84 Å². The minimum atomic E-state index is -4.46. The number of sulfone groups is 1. The van der Waals surface area contributed by atoms with Gasteiger partial charge in [-0.05, 0) is 18.6 Å². The highest BCUT2D eigenvalue weighted by Gasteiger charge is 2.30. The highest BCUT2D eigenvalue weighted by molar-refractivity contribution is 7.91. The Labute approximate surface area is 134 Å². The molecule has 1 atom stereocenters. The number of hydrogen-bond acceptors (Lipinski definition) is 3. The number of carbonyl (C=O) groups is 1. The number of rotatable bonds is 6. The van der Waals surface area contributed by atoms with E-state index in [1.807, 2.05) is 0 Å². The molecule has 1 aromatic rings. The van der Waals surface area contributed by atoms with Crippen molar-refractivity contribution in [3.63, 3.8) is 0 Å². The second-order valence-corrected chi connectivity index (χ2v) is 7.83. The van der Waals surface area contributed by atoms with E-state index in [4.69, 9.17) is 0 Å². The van der Waals surface area contributed by atoms with Crippen molar-refractivity contribution in [3.8, 4) is 0 Å². The average Bonchev–Trinajstić information content (AvgIpc) is 2.45. The molecule has 0 spiro atoms. The number of carbonyl (C=O) groups excluding carboxylic acids is 1. The van der Waals surface area contributed by atoms with E-state index in [1.165, 1.54) is 31.0 Å². The van der Waals surface area contributed by atoms with Crippen molar-refractivity contribution in [2.45, 2.75) is 32.5 Å². The fraction of sp³-hybridized carbons (Fsp3) is 0.533. The zero-order valence-electron chi connectivity index (χ0n) is 13.2. The van der Waals surface area contributed by atoms with Crippen LogP contribution in [0.15, 0.2) is 24.3 Å². The van der Waals surface area contributed by atoms with E-state index in [2.05, 4.69) is 0 Å². The highest BCUT2D eigenvalue weighted by Crippen LogP contribution is 2.29. The van der Waals surface area contributed by atoms with Gasteiger partial charge in [0.1, 0.15) is 0 Å². The molecule has 0 N–H and O–H groups in total. The maximum Gasteiger partial charge on any atom is 0.416 e. The lowest BCUT2D eigenvalue weighted by atomic mass is 10.1. The smallest absolute Gasteiger partial charge is 0.342 e. The average molecular weight is 351 g/mol. The van der Waals surface area contributed by atoms with Crippen LogP contribution in [0.1, 0.15) is 25.0 Å². The number of halogens is 3. The summed E-state index contributed by atoms with van der Waals surface area (Å²) >= 11 is 0. The molecule has 1 rings (SSSR count). The van der Waals surface area contributed by atoms with Crippen molar-refractivity contribution < 1.29 is 26.4 Å². The van der Waals surface area contributed by atoms with E-state index in [9.17, 15) is 26.4 Å². The van der Waals surface area contributed by atoms with Crippen molar-refractivity contribution >= 4 is 15.7 Å². The predicted octanol–water partition coefficient (Wildman–Crippen LogP) is 2.53. The molecule has 0 saturated carbocycles. The molecule has 0 saturated heterocycles. The Morgan fingerprint density at radius 2 is 1.91 bits per heavy atom. The first-order valence-electron chi connectivity index (χ1n) is 7.08. The second-order valence-electron chi connectivity index (χ2n) is 5.43. The minimum Gasteiger partial charge on any atom is -0.342 e. The number of likely N-dealkylation sites (N-methyl/N-ethyl adjacent to an activating group) is 1. The van der Waals surface area contributed by atoms with Crippen LogP contribution in [0.5, 0.6) is 0 Å². The van der Waals surface area contributed by atoms with Gasteiger partial charge < -0.3 is 4.90 Å². The fourth-order valence-corrected chi connectivity index (χ4v) is 3.19. The quantitative estimate of drug-likeness (QED) is 0.791. The fourth-order valence-electron chi connectivity index (χ4n) is 2.00. The standard InChI is InChI=1S/C15H20F3NO3S/c1-4-23(21,22)10-11(2)19(3)14(20)9-12-6-5-7-13(8-12)15(16,17)18/h5-8,11H,4,9-10H2,1-3H3. The van der Waals surface area contributed by atoms with Crippen molar-refractivity contribution in [2.24, 2.45) is 0 Å². The molecule has 8 heteroatoms. The number of benzene rings is 1. The van der Waals surface area contributed by atoms with Gasteiger partial charge in [0, 0.05) is 18.8 Å². The highest BCUT2D eigenvalue weighted by atomic mass is 32.2. The summed E-state index contributed by atoms with van der Waals surface area (Å²) in [6, 6.07) is 4.01. The predicted molar refractivity (Wildman–Crippen MR) is 81.7 cm³/mol. The number of nitrogens with zero attached hydrogens (tertiary/aromatic N) is 1. The zero-order chi connectivity index (χ0) is 17.8. The van der Waals surface area contributed by atoms with Gasteiger partial charge in [-0.25, -0.2) is 8.42 Å². The van der Waals surface area contributed by atoms with Crippen LogP contribution in [0.2, 0.25) is 0 Å². The third-order valence-electron chi connectivity index (χ3n) is 3.60. The van der Waals surface area contributed by atoms with Crippen LogP contribution in [0, 0.1) is 0 Å². The van der Waals surface area contributed by atoms with Gasteiger partial charge in [0.25, 0.3) is 0 Å². The zero-order valence-corrected chi connectivity index (χ0v) is 14.0. The molecule has 4 nitrogen and oxygen atoms in total. The van der Waals surface area contributed by atoms with Gasteiger partial charge >= 0.3 is 6.18 Å². The first-order valence-corrected chi connectivity index (χ1v) is 8.90. The molecule has 0 bridgehead atoms. The molecule has 0 heterocycles. The topological polar surface area (TPSA) is 54.5 Å². The molecule has 0 aromatic heterocycles. The Hall–Kier alpha value is -1.57. The van der Waals surface area contributed by atoms with Crippen molar-refractivity contribution in [2.75, 3.05) is 18.6 Å². The first-order chi connectivity index (χ1) is 10.5. The normalized spacial score (nSPS) is 13.7. The molecule has 0 fully saturated rings. The van der Waals surface area contributed by atoms with E-state index in [0.29, 0.717) is 0 Å². The first kappa shape index (κ1) is 19.5. The molecule has 0 radical (unpaired) electrons. The van der Waals surface area contributed by atoms with E-state index in [0.717, 1.165) is 12.1 Å². The van der Waals surface area contributed by atoms with Gasteiger partial charge in [-0.2, -0.15) is 13.2 Å². The van der Waals surface area contributed by atoms with Gasteiger partial charge in [-0.3, -0.25) is 4.79 Å². The molecule has 0 aliphatic heterocycles. The summed E-state index contributed by atoms with van der Waals surface area (Å²) in [5.41, 5.74) is -0.575. The maximum atomic E-state index is 12.7. The van der Waals surface area contributed by atoms with Crippen LogP contribution in [0.25, 0.3) is 0 Å². The molecule has 1 unspecified atom stereocenters. The molecule has 1 amide bonds. The molecular weight excluding hydrogens is 331 g/mol. The SMILES string of the molecule is CCS(=O)(=O)CC(C)N(C)C(=O)Cc1cccc(C(F)(F)F)c1. The van der Waals surface area contributed by atoms with Crippen LogP contribution in [-0.2, 0) is 27.2 Å². The Morgan fingerprint density at radius 3 is 2.43 bits per heavy atom. The second kappa shape index (κ2) is 7.33. The van der Waals surface area contributed by atoms with E-state index >= 15 is 0 Å². The Bertz CT molecular complexity index is 656. The third-order valence-corrected chi connectivity index (χ3v) is 5.47. The number of hydrogen-bond donors (Lipinski definition) is 0. The Kier molecular flexibility index (Phi) is 6.21. The Morgan fingerprint density at radius 1 is 1.30 bits per heavy atom. The summed E-state index contributed by atoms with van der Waals surface area (Å²) < 4.78 is 61.1. The van der Waals surface area contributed by atoms with Gasteiger partial charge in [-0.1, -0.05) is 25.1 Å². The van der Waals surface area contributed by atoms with E-state index in [-0.39, 0.29) is 23.5 Å². The van der Waals surface area contributed by atoms with E-state index < -0.39 is 33.5 Å². The molecule has 23 heavy (non-hydrogen) atoms. The van der Waals surface area contributed by atoms with Crippen molar-refractivity contribution in [1.82, 2.24) is 4.90 Å². The van der Waals surface area contributed by atoms with Crippen molar-refractivity contribution in [1.29, 1.82) is 0 Å². The van der Waals surface area contributed by atoms with Crippen LogP contribution in [0.4, 0.5) is 13.2 Å². The van der Waals surface area contributed by atoms with Gasteiger partial charge in [0.05, 0.1) is 17.7 Å². The number of alkyl halides is 3. The third kappa shape index (κ3) is 5.85. The van der Waals surface area contributed by atoms with E-state index in [1.54, 1.807) is 6.92 Å². The lowest BCUT2D eigenvalue weighted by Crippen LogP contribution is -2.40. The van der Waals surface area contributed by atoms with Gasteiger partial charge in [-0.15, -0.1) is 0 Å². The minimum absolute atomic E-state index is 0.0208. The lowest BCUT2D eigenvalue weighted by molar-refractivity contribution is -0.138. The van der Waals surface area contributed by atoms with Crippen LogP contribution in [0.3, 0.4) is 0 Å². The summed E-state index contributed by atoms with van der Waals surface area (Å²) in [6.07, 6.45) is -4.68. The maximum absolute atomic E-state index is 12.7. The summed E-state index contributed by atoms with van der Waals surface area (Å²) in [5, 5.41) is 0. The molecule has 1 aromatic carbocycles. The van der Waals surface area contributed by atoms with Crippen LogP contribution < -0.4 is 0 Å². The van der Waals surface area contributed by atoms with Gasteiger partial charge in [0.2, 0.25) is 5.91 Å². The monoisotopic (exact) mass is 351 g/mol. The summed E-state index contributed by atoms with van der Waals surface area (Å²) in [5.74, 6) is -0.621. The lowest BCUT2D eigenvalue weighted by Gasteiger charge is -2.25. The molecule has 0 aliphatic rings. The summed E-state index contributed by atoms with van der Waals surface area (Å²) in [4.78, 5) is 13.4. The largest absolute Gasteiger partial charge is 0.416 e. The number of amides is 1. The van der Waals surface area contributed by atoms with Crippen molar-refractivity contribution in [3.05, 3.63) is 35.4 Å². The van der Waals surface area contributed by atoms with Crippen LogP contribution >= 0.6 is 0 Å².